The quantitative estimate of drug-likeness (QED) is 0.882. The van der Waals surface area contributed by atoms with E-state index in [9.17, 15) is 9.59 Å². The number of carboxylic acids is 1. The molecular weight excluding hydrogens is 254 g/mol. The maximum Gasteiger partial charge on any atom is 0.310 e. The number of benzene rings is 1. The van der Waals surface area contributed by atoms with E-state index in [2.05, 4.69) is 5.32 Å². The molecule has 0 saturated heterocycles. The third-order valence-corrected chi connectivity index (χ3v) is 2.95. The van der Waals surface area contributed by atoms with Crippen molar-refractivity contribution in [3.05, 3.63) is 34.3 Å². The first-order valence-corrected chi connectivity index (χ1v) is 5.89. The largest absolute Gasteiger partial charge is 0.481 e. The van der Waals surface area contributed by atoms with Crippen LogP contribution in [-0.2, 0) is 4.79 Å². The molecule has 98 valence electrons. The summed E-state index contributed by atoms with van der Waals surface area (Å²) in [6.07, 6.45) is 0. The second-order valence-electron chi connectivity index (χ2n) is 4.83. The second-order valence-corrected chi connectivity index (χ2v) is 5.27. The molecule has 0 spiro atoms. The Labute approximate surface area is 111 Å². The van der Waals surface area contributed by atoms with Crippen molar-refractivity contribution in [3.8, 4) is 0 Å². The zero-order valence-electron chi connectivity index (χ0n) is 10.6. The number of hydrogen-bond donors (Lipinski definition) is 2. The molecule has 0 saturated carbocycles. The van der Waals surface area contributed by atoms with E-state index in [1.165, 1.54) is 0 Å². The normalized spacial score (nSPS) is 11.1. The highest BCUT2D eigenvalue weighted by atomic mass is 35.5. The van der Waals surface area contributed by atoms with Crippen molar-refractivity contribution >= 4 is 23.5 Å². The second kappa shape index (κ2) is 5.40. The van der Waals surface area contributed by atoms with Crippen LogP contribution in [0, 0.1) is 12.3 Å². The molecule has 1 aromatic carbocycles. The van der Waals surface area contributed by atoms with Crippen LogP contribution in [0.5, 0.6) is 0 Å². The summed E-state index contributed by atoms with van der Waals surface area (Å²) in [6.45, 7) is 4.97. The Morgan fingerprint density at radius 3 is 2.56 bits per heavy atom. The van der Waals surface area contributed by atoms with Crippen LogP contribution in [0.2, 0.25) is 5.02 Å². The summed E-state index contributed by atoms with van der Waals surface area (Å²) in [5.74, 6) is -1.27. The Balaban J connectivity index is 2.78. The van der Waals surface area contributed by atoms with Gasteiger partial charge in [-0.15, -0.1) is 0 Å². The summed E-state index contributed by atoms with van der Waals surface area (Å²) in [7, 11) is 0. The topological polar surface area (TPSA) is 66.4 Å². The summed E-state index contributed by atoms with van der Waals surface area (Å²) < 4.78 is 0. The molecule has 0 aliphatic heterocycles. The van der Waals surface area contributed by atoms with Gasteiger partial charge in [0.2, 0.25) is 0 Å². The lowest BCUT2D eigenvalue weighted by molar-refractivity contribution is -0.146. The third-order valence-electron chi connectivity index (χ3n) is 2.71. The highest BCUT2D eigenvalue weighted by Gasteiger charge is 2.27. The number of nitrogens with one attached hydrogen (secondary N) is 1. The van der Waals surface area contributed by atoms with E-state index in [0.29, 0.717) is 10.6 Å². The molecule has 0 radical (unpaired) electrons. The van der Waals surface area contributed by atoms with Gasteiger partial charge in [-0.25, -0.2) is 0 Å². The van der Waals surface area contributed by atoms with Crippen molar-refractivity contribution in [3.63, 3.8) is 0 Å². The molecule has 0 aliphatic rings. The van der Waals surface area contributed by atoms with E-state index in [-0.39, 0.29) is 12.5 Å². The molecule has 0 bridgehead atoms. The van der Waals surface area contributed by atoms with Crippen LogP contribution < -0.4 is 5.32 Å². The molecule has 2 N–H and O–H groups in total. The van der Waals surface area contributed by atoms with Crippen molar-refractivity contribution in [2.45, 2.75) is 20.8 Å². The summed E-state index contributed by atoms with van der Waals surface area (Å²) in [5, 5.41) is 12.0. The molecule has 1 aromatic rings. The average molecular weight is 270 g/mol. The van der Waals surface area contributed by atoms with Gasteiger partial charge in [0.1, 0.15) is 0 Å². The van der Waals surface area contributed by atoms with Gasteiger partial charge in [0.15, 0.2) is 0 Å². The van der Waals surface area contributed by atoms with Crippen molar-refractivity contribution in [1.82, 2.24) is 5.32 Å². The van der Waals surface area contributed by atoms with Gasteiger partial charge in [-0.2, -0.15) is 0 Å². The molecule has 1 rings (SSSR count). The van der Waals surface area contributed by atoms with Gasteiger partial charge in [-0.1, -0.05) is 17.7 Å². The highest BCUT2D eigenvalue weighted by molar-refractivity contribution is 6.31. The lowest BCUT2D eigenvalue weighted by atomic mass is 9.93. The van der Waals surface area contributed by atoms with Gasteiger partial charge in [0.05, 0.1) is 5.41 Å². The van der Waals surface area contributed by atoms with Crippen LogP contribution in [-0.4, -0.2) is 23.5 Å². The number of rotatable bonds is 4. The molecule has 0 aromatic heterocycles. The summed E-state index contributed by atoms with van der Waals surface area (Å²) in [4.78, 5) is 22.8. The zero-order chi connectivity index (χ0) is 13.9. The Morgan fingerprint density at radius 2 is 2.00 bits per heavy atom. The van der Waals surface area contributed by atoms with E-state index >= 15 is 0 Å². The summed E-state index contributed by atoms with van der Waals surface area (Å²) in [6, 6.07) is 5.02. The molecular formula is C13H16ClNO3. The minimum Gasteiger partial charge on any atom is -0.481 e. The predicted molar refractivity (Wildman–Crippen MR) is 69.9 cm³/mol. The fourth-order valence-electron chi connectivity index (χ4n) is 1.31. The fraction of sp³-hybridized carbons (Fsp3) is 0.385. The fourth-order valence-corrected chi connectivity index (χ4v) is 1.48. The number of aliphatic carboxylic acids is 1. The van der Waals surface area contributed by atoms with E-state index in [1.807, 2.05) is 0 Å². The number of carbonyl (C=O) groups is 2. The SMILES string of the molecule is Cc1ccc(Cl)cc1C(=O)NCC(C)(C)C(=O)O. The summed E-state index contributed by atoms with van der Waals surface area (Å²) >= 11 is 5.83. The molecule has 0 unspecified atom stereocenters. The number of amides is 1. The van der Waals surface area contributed by atoms with Crippen LogP contribution in [0.3, 0.4) is 0 Å². The zero-order valence-corrected chi connectivity index (χ0v) is 11.3. The standard InChI is InChI=1S/C13H16ClNO3/c1-8-4-5-9(14)6-10(8)11(16)15-7-13(2,3)12(17)18/h4-6H,7H2,1-3H3,(H,15,16)(H,17,18). The van der Waals surface area contributed by atoms with Crippen molar-refractivity contribution in [2.75, 3.05) is 6.54 Å². The first-order valence-electron chi connectivity index (χ1n) is 5.52. The molecule has 0 fully saturated rings. The van der Waals surface area contributed by atoms with Crippen LogP contribution >= 0.6 is 11.6 Å². The van der Waals surface area contributed by atoms with Crippen LogP contribution in [0.1, 0.15) is 29.8 Å². The Hall–Kier alpha value is -1.55. The predicted octanol–water partition coefficient (Wildman–Crippen LogP) is 2.49. The Morgan fingerprint density at radius 1 is 1.39 bits per heavy atom. The van der Waals surface area contributed by atoms with E-state index in [0.717, 1.165) is 5.56 Å². The van der Waals surface area contributed by atoms with Gasteiger partial charge in [0.25, 0.3) is 5.91 Å². The number of aryl methyl sites for hydroxylation is 1. The first kappa shape index (κ1) is 14.5. The molecule has 0 heterocycles. The Kier molecular flexibility index (Phi) is 4.35. The van der Waals surface area contributed by atoms with Crippen LogP contribution in [0.4, 0.5) is 0 Å². The van der Waals surface area contributed by atoms with Gasteiger partial charge < -0.3 is 10.4 Å². The van der Waals surface area contributed by atoms with Crippen molar-refractivity contribution in [2.24, 2.45) is 5.41 Å². The smallest absolute Gasteiger partial charge is 0.310 e. The van der Waals surface area contributed by atoms with Crippen LogP contribution in [0.25, 0.3) is 0 Å². The highest BCUT2D eigenvalue weighted by Crippen LogP contribution is 2.17. The lowest BCUT2D eigenvalue weighted by Crippen LogP contribution is -2.39. The number of carbonyl (C=O) groups excluding carboxylic acids is 1. The average Bonchev–Trinajstić information content (AvgIpc) is 2.29. The lowest BCUT2D eigenvalue weighted by Gasteiger charge is -2.19. The maximum atomic E-state index is 11.9. The van der Waals surface area contributed by atoms with E-state index < -0.39 is 11.4 Å². The maximum absolute atomic E-state index is 11.9. The van der Waals surface area contributed by atoms with Crippen molar-refractivity contribution in [1.29, 1.82) is 0 Å². The first-order chi connectivity index (χ1) is 8.24. The monoisotopic (exact) mass is 269 g/mol. The third kappa shape index (κ3) is 3.47. The van der Waals surface area contributed by atoms with E-state index in [1.54, 1.807) is 39.0 Å². The number of hydrogen-bond acceptors (Lipinski definition) is 2. The molecule has 0 atom stereocenters. The number of carboxylic acid groups (broad SMARTS) is 1. The minimum absolute atomic E-state index is 0.0626. The molecule has 5 heteroatoms. The number of halogens is 1. The Bertz CT molecular complexity index is 483. The minimum atomic E-state index is -0.998. The van der Waals surface area contributed by atoms with Gasteiger partial charge in [-0.3, -0.25) is 9.59 Å². The van der Waals surface area contributed by atoms with Crippen LogP contribution in [0.15, 0.2) is 18.2 Å². The molecule has 0 aliphatic carbocycles. The molecule has 1 amide bonds. The van der Waals surface area contributed by atoms with E-state index in [4.69, 9.17) is 16.7 Å². The van der Waals surface area contributed by atoms with Gasteiger partial charge >= 0.3 is 5.97 Å². The molecule has 4 nitrogen and oxygen atoms in total. The molecule has 18 heavy (non-hydrogen) atoms. The van der Waals surface area contributed by atoms with Gasteiger partial charge in [-0.05, 0) is 38.5 Å². The van der Waals surface area contributed by atoms with Gasteiger partial charge in [0, 0.05) is 17.1 Å². The van der Waals surface area contributed by atoms with Crippen molar-refractivity contribution < 1.29 is 14.7 Å². The summed E-state index contributed by atoms with van der Waals surface area (Å²) in [5.41, 5.74) is 0.260.